The molecule has 34 heavy (non-hydrogen) atoms. The number of amides is 1. The summed E-state index contributed by atoms with van der Waals surface area (Å²) in [7, 11) is 0. The molecule has 1 atom stereocenters. The summed E-state index contributed by atoms with van der Waals surface area (Å²) in [6.07, 6.45) is -2.92. The summed E-state index contributed by atoms with van der Waals surface area (Å²) < 4.78 is 40.2. The van der Waals surface area contributed by atoms with Gasteiger partial charge in [-0.3, -0.25) is 14.9 Å². The first kappa shape index (κ1) is 23.6. The lowest BCUT2D eigenvalue weighted by Gasteiger charge is -2.34. The molecule has 0 saturated heterocycles. The first-order valence-electron chi connectivity index (χ1n) is 10.4. The van der Waals surface area contributed by atoms with Gasteiger partial charge in [0.2, 0.25) is 0 Å². The summed E-state index contributed by atoms with van der Waals surface area (Å²) in [6.45, 7) is -0.133. The van der Waals surface area contributed by atoms with Crippen LogP contribution in [0.4, 0.5) is 18.9 Å². The molecule has 5 nitrogen and oxygen atoms in total. The number of rotatable bonds is 5. The average Bonchev–Trinajstić information content (AvgIpc) is 2.84. The van der Waals surface area contributed by atoms with Gasteiger partial charge in [-0.1, -0.05) is 60.7 Å². The number of thioether (sulfide) groups is 1. The van der Waals surface area contributed by atoms with Crippen molar-refractivity contribution in [1.29, 1.82) is 0 Å². The van der Waals surface area contributed by atoms with Gasteiger partial charge >= 0.3 is 12.1 Å². The molecule has 4 rings (SSSR count). The van der Waals surface area contributed by atoms with E-state index >= 15 is 0 Å². The van der Waals surface area contributed by atoms with Crippen LogP contribution in [0.2, 0.25) is 0 Å². The third kappa shape index (κ3) is 5.31. The predicted molar refractivity (Wildman–Crippen MR) is 125 cm³/mol. The second kappa shape index (κ2) is 9.72. The van der Waals surface area contributed by atoms with Gasteiger partial charge in [0.1, 0.15) is 0 Å². The molecule has 0 saturated carbocycles. The largest absolute Gasteiger partial charge is 0.471 e. The van der Waals surface area contributed by atoms with Crippen molar-refractivity contribution < 1.29 is 22.9 Å². The van der Waals surface area contributed by atoms with E-state index in [-0.39, 0.29) is 23.2 Å². The number of hydrogen-bond acceptors (Lipinski definition) is 4. The summed E-state index contributed by atoms with van der Waals surface area (Å²) in [4.78, 5) is 24.1. The molecule has 0 aromatic heterocycles. The molecule has 0 fully saturated rings. The van der Waals surface area contributed by atoms with Crippen LogP contribution in [-0.4, -0.2) is 33.7 Å². The lowest BCUT2D eigenvalue weighted by atomic mass is 10.00. The number of non-ortho nitro benzene ring substituents is 1. The Morgan fingerprint density at radius 1 is 0.912 bits per heavy atom. The molecule has 0 aliphatic carbocycles. The molecule has 0 bridgehead atoms. The Hall–Kier alpha value is -3.59. The highest BCUT2D eigenvalue weighted by molar-refractivity contribution is 8.00. The van der Waals surface area contributed by atoms with E-state index in [4.69, 9.17) is 0 Å². The van der Waals surface area contributed by atoms with Crippen molar-refractivity contribution in [2.75, 3.05) is 6.54 Å². The predicted octanol–water partition coefficient (Wildman–Crippen LogP) is 6.56. The van der Waals surface area contributed by atoms with E-state index in [2.05, 4.69) is 0 Å². The average molecular weight is 484 g/mol. The maximum Gasteiger partial charge on any atom is 0.471 e. The Morgan fingerprint density at radius 2 is 1.50 bits per heavy atom. The van der Waals surface area contributed by atoms with E-state index in [0.29, 0.717) is 16.9 Å². The monoisotopic (exact) mass is 484 g/mol. The molecule has 3 aromatic rings. The zero-order valence-corrected chi connectivity index (χ0v) is 18.6. The Labute approximate surface area is 198 Å². The highest BCUT2D eigenvalue weighted by atomic mass is 32.2. The normalized spacial score (nSPS) is 16.1. The second-order valence-electron chi connectivity index (χ2n) is 7.67. The summed E-state index contributed by atoms with van der Waals surface area (Å²) in [5.41, 5.74) is 2.58. The number of benzene rings is 3. The SMILES string of the molecule is O=C(N1CC(Sc2ccc([N+](=O)[O-])cc2)CC=C1c1ccc(-c2ccccc2)cc1)C(F)(F)F. The topological polar surface area (TPSA) is 63.5 Å². The van der Waals surface area contributed by atoms with Crippen LogP contribution in [-0.2, 0) is 4.79 Å². The molecular weight excluding hydrogens is 465 g/mol. The van der Waals surface area contributed by atoms with Gasteiger partial charge in [-0.15, -0.1) is 11.8 Å². The number of allylic oxidation sites excluding steroid dienone is 1. The number of carbonyl (C=O) groups is 1. The number of halogens is 3. The summed E-state index contributed by atoms with van der Waals surface area (Å²) in [6, 6.07) is 22.5. The van der Waals surface area contributed by atoms with Crippen LogP contribution in [0.3, 0.4) is 0 Å². The molecule has 0 N–H and O–H groups in total. The maximum absolute atomic E-state index is 13.4. The van der Waals surface area contributed by atoms with Gasteiger partial charge in [-0.25, -0.2) is 0 Å². The first-order valence-corrected chi connectivity index (χ1v) is 11.3. The van der Waals surface area contributed by atoms with E-state index < -0.39 is 17.0 Å². The van der Waals surface area contributed by atoms with Crippen molar-refractivity contribution in [3.8, 4) is 11.1 Å². The smallest absolute Gasteiger partial charge is 0.303 e. The fourth-order valence-electron chi connectivity index (χ4n) is 3.74. The minimum Gasteiger partial charge on any atom is -0.303 e. The Bertz CT molecular complexity index is 1210. The summed E-state index contributed by atoms with van der Waals surface area (Å²) in [5.74, 6) is -1.92. The van der Waals surface area contributed by atoms with Gasteiger partial charge in [-0.05, 0) is 35.2 Å². The second-order valence-corrected chi connectivity index (χ2v) is 9.05. The Balaban J connectivity index is 1.58. The van der Waals surface area contributed by atoms with E-state index in [1.165, 1.54) is 23.9 Å². The minimum absolute atomic E-state index is 0.0667. The van der Waals surface area contributed by atoms with E-state index in [9.17, 15) is 28.1 Å². The third-order valence-corrected chi connectivity index (χ3v) is 6.60. The van der Waals surface area contributed by atoms with Gasteiger partial charge < -0.3 is 4.90 Å². The van der Waals surface area contributed by atoms with Crippen LogP contribution < -0.4 is 0 Å². The lowest BCUT2D eigenvalue weighted by molar-refractivity contribution is -0.384. The standard InChI is InChI=1S/C25H19F3N2O3S/c26-25(27,28)24(31)29-16-22(34-21-12-10-20(11-13-21)30(32)33)14-15-23(29)19-8-6-18(7-9-19)17-4-2-1-3-5-17/h1-13,15,22H,14,16H2. The Kier molecular flexibility index (Phi) is 6.74. The summed E-state index contributed by atoms with van der Waals surface area (Å²) in [5, 5.41) is 10.5. The summed E-state index contributed by atoms with van der Waals surface area (Å²) >= 11 is 1.29. The molecule has 3 aromatic carbocycles. The van der Waals surface area contributed by atoms with Gasteiger partial charge in [0, 0.05) is 34.5 Å². The minimum atomic E-state index is -5.01. The first-order chi connectivity index (χ1) is 16.2. The molecule has 1 aliphatic heterocycles. The van der Waals surface area contributed by atoms with Crippen molar-refractivity contribution in [1.82, 2.24) is 4.90 Å². The molecule has 174 valence electrons. The molecule has 1 amide bonds. The number of nitro benzene ring substituents is 1. The van der Waals surface area contributed by atoms with E-state index in [1.54, 1.807) is 30.3 Å². The quantitative estimate of drug-likeness (QED) is 0.304. The van der Waals surface area contributed by atoms with Crippen molar-refractivity contribution in [3.05, 3.63) is 101 Å². The van der Waals surface area contributed by atoms with Crippen LogP contribution in [0.25, 0.3) is 16.8 Å². The maximum atomic E-state index is 13.4. The van der Waals surface area contributed by atoms with Crippen molar-refractivity contribution in [2.45, 2.75) is 22.7 Å². The fraction of sp³-hybridized carbons (Fsp3) is 0.160. The van der Waals surface area contributed by atoms with Crippen LogP contribution in [0, 0.1) is 10.1 Å². The van der Waals surface area contributed by atoms with E-state index in [1.807, 2.05) is 42.5 Å². The number of hydrogen-bond donors (Lipinski definition) is 0. The number of alkyl halides is 3. The molecule has 1 heterocycles. The van der Waals surface area contributed by atoms with Crippen molar-refractivity contribution >= 4 is 29.1 Å². The molecule has 0 radical (unpaired) electrons. The van der Waals surface area contributed by atoms with Crippen LogP contribution in [0.15, 0.2) is 89.8 Å². The van der Waals surface area contributed by atoms with Gasteiger partial charge in [-0.2, -0.15) is 13.2 Å². The number of carbonyl (C=O) groups excluding carboxylic acids is 1. The van der Waals surface area contributed by atoms with Gasteiger partial charge in [0.25, 0.3) is 5.69 Å². The van der Waals surface area contributed by atoms with Crippen LogP contribution >= 0.6 is 11.8 Å². The zero-order valence-electron chi connectivity index (χ0n) is 17.7. The molecule has 1 aliphatic rings. The lowest BCUT2D eigenvalue weighted by Crippen LogP contribution is -2.44. The Morgan fingerprint density at radius 3 is 2.09 bits per heavy atom. The van der Waals surface area contributed by atoms with Crippen molar-refractivity contribution in [3.63, 3.8) is 0 Å². The molecule has 9 heteroatoms. The van der Waals surface area contributed by atoms with Gasteiger partial charge in [0.15, 0.2) is 0 Å². The highest BCUT2D eigenvalue weighted by Gasteiger charge is 2.45. The highest BCUT2D eigenvalue weighted by Crippen LogP contribution is 2.36. The van der Waals surface area contributed by atoms with E-state index in [0.717, 1.165) is 16.0 Å². The van der Waals surface area contributed by atoms with Gasteiger partial charge in [0.05, 0.1) is 4.92 Å². The van der Waals surface area contributed by atoms with Crippen molar-refractivity contribution in [2.24, 2.45) is 0 Å². The molecule has 0 spiro atoms. The number of nitrogens with zero attached hydrogens (tertiary/aromatic N) is 2. The van der Waals surface area contributed by atoms with Crippen LogP contribution in [0.5, 0.6) is 0 Å². The fourth-order valence-corrected chi connectivity index (χ4v) is 4.83. The van der Waals surface area contributed by atoms with Crippen LogP contribution in [0.1, 0.15) is 12.0 Å². The molecule has 1 unspecified atom stereocenters. The molecular formula is C25H19F3N2O3S. The zero-order chi connectivity index (χ0) is 24.3. The number of nitro groups is 1. The third-order valence-electron chi connectivity index (χ3n) is 5.38.